The first-order chi connectivity index (χ1) is 26.8. The summed E-state index contributed by atoms with van der Waals surface area (Å²) in [5.41, 5.74) is 16.6. The molecule has 250 valence electrons. The molecule has 0 saturated heterocycles. The molecule has 1 nitrogen and oxygen atoms in total. The standard InChI is InChI=1S/C51H32BNS/c1-5-17-33(18-6-1)47-39-31-43-41(32-46(39)54-50(47)34-19-7-2-8-20-34)51(35-21-9-3-10-22-35,36-23-11-4-12-24-36)40-27-16-30-45-48(40)52(43)42-28-15-26-38-37-25-13-14-29-44(37)53(45)49(38)42/h1-32H. The van der Waals surface area contributed by atoms with Crippen LogP contribution in [0.1, 0.15) is 22.3 Å². The first-order valence-electron chi connectivity index (χ1n) is 18.8. The summed E-state index contributed by atoms with van der Waals surface area (Å²) in [5, 5.41) is 3.94. The zero-order valence-corrected chi connectivity index (χ0v) is 30.2. The van der Waals surface area contributed by atoms with Crippen molar-refractivity contribution in [3.05, 3.63) is 216 Å². The maximum Gasteiger partial charge on any atom is 0.247 e. The first-order valence-corrected chi connectivity index (χ1v) is 19.6. The third kappa shape index (κ3) is 3.89. The zero-order chi connectivity index (χ0) is 35.4. The molecule has 12 rings (SSSR count). The molecule has 0 N–H and O–H groups in total. The first kappa shape index (κ1) is 30.1. The number of hydrogen-bond donors (Lipinski definition) is 0. The van der Waals surface area contributed by atoms with Gasteiger partial charge < -0.3 is 4.57 Å². The van der Waals surface area contributed by atoms with Crippen LogP contribution in [0.4, 0.5) is 0 Å². The van der Waals surface area contributed by atoms with Gasteiger partial charge in [-0.1, -0.05) is 181 Å². The van der Waals surface area contributed by atoms with E-state index in [1.807, 2.05) is 11.3 Å². The van der Waals surface area contributed by atoms with Gasteiger partial charge in [-0.3, -0.25) is 0 Å². The molecule has 4 heterocycles. The second-order valence-corrected chi connectivity index (χ2v) is 15.8. The number of thiophene rings is 1. The van der Waals surface area contributed by atoms with Crippen molar-refractivity contribution in [2.24, 2.45) is 0 Å². The van der Waals surface area contributed by atoms with Crippen LogP contribution in [0.3, 0.4) is 0 Å². The van der Waals surface area contributed by atoms with Gasteiger partial charge in [-0.15, -0.1) is 11.3 Å². The average molecular weight is 702 g/mol. The van der Waals surface area contributed by atoms with Gasteiger partial charge in [0.25, 0.3) is 0 Å². The average Bonchev–Trinajstić information content (AvgIpc) is 3.79. The van der Waals surface area contributed by atoms with Crippen molar-refractivity contribution < 1.29 is 0 Å². The van der Waals surface area contributed by atoms with Crippen LogP contribution in [-0.2, 0) is 5.41 Å². The van der Waals surface area contributed by atoms with E-state index in [2.05, 4.69) is 199 Å². The van der Waals surface area contributed by atoms with E-state index >= 15 is 0 Å². The minimum Gasteiger partial charge on any atom is -0.310 e. The van der Waals surface area contributed by atoms with Crippen molar-refractivity contribution in [3.63, 3.8) is 0 Å². The third-order valence-electron chi connectivity index (χ3n) is 12.1. The quantitative estimate of drug-likeness (QED) is 0.161. The number of fused-ring (bicyclic) bond motifs is 8. The van der Waals surface area contributed by atoms with Gasteiger partial charge in [0.2, 0.25) is 6.71 Å². The van der Waals surface area contributed by atoms with Gasteiger partial charge in [0.15, 0.2) is 0 Å². The lowest BCUT2D eigenvalue weighted by atomic mass is 9.29. The van der Waals surface area contributed by atoms with E-state index < -0.39 is 5.41 Å². The van der Waals surface area contributed by atoms with Crippen LogP contribution >= 0.6 is 11.3 Å². The highest BCUT2D eigenvalue weighted by Crippen LogP contribution is 2.51. The largest absolute Gasteiger partial charge is 0.310 e. The monoisotopic (exact) mass is 701 g/mol. The number of aromatic nitrogens is 1. The Morgan fingerprint density at radius 2 is 1.07 bits per heavy atom. The molecule has 3 heteroatoms. The SMILES string of the molecule is c1ccc(-c2sc3cc4c(cc3c2-c2ccccc2)B2c3c(cccc3C4(c3ccccc3)c3ccccc3)-n3c4ccccc4c4cccc2c43)cc1. The van der Waals surface area contributed by atoms with E-state index in [1.54, 1.807) is 0 Å². The van der Waals surface area contributed by atoms with Crippen LogP contribution in [0.5, 0.6) is 0 Å². The van der Waals surface area contributed by atoms with Crippen molar-refractivity contribution in [2.45, 2.75) is 5.41 Å². The van der Waals surface area contributed by atoms with E-state index in [1.165, 1.54) is 97.8 Å². The molecular formula is C51H32BNS. The minimum atomic E-state index is -0.550. The van der Waals surface area contributed by atoms with Crippen molar-refractivity contribution in [2.75, 3.05) is 0 Å². The fourth-order valence-electron chi connectivity index (χ4n) is 10.1. The Morgan fingerprint density at radius 3 is 1.80 bits per heavy atom. The normalized spacial score (nSPS) is 13.7. The summed E-state index contributed by atoms with van der Waals surface area (Å²) in [6, 6.07) is 72.7. The van der Waals surface area contributed by atoms with Crippen molar-refractivity contribution in [3.8, 4) is 27.3 Å². The maximum absolute atomic E-state index is 2.60. The van der Waals surface area contributed by atoms with E-state index in [0.717, 1.165) is 0 Å². The van der Waals surface area contributed by atoms with Gasteiger partial charge in [0.05, 0.1) is 10.9 Å². The minimum absolute atomic E-state index is 0.0559. The van der Waals surface area contributed by atoms with Crippen LogP contribution in [0, 0.1) is 0 Å². The van der Waals surface area contributed by atoms with Crippen molar-refractivity contribution in [1.29, 1.82) is 0 Å². The maximum atomic E-state index is 2.60. The van der Waals surface area contributed by atoms with Gasteiger partial charge in [0, 0.05) is 42.5 Å². The lowest BCUT2D eigenvalue weighted by Crippen LogP contribution is -2.64. The Balaban J connectivity index is 1.31. The Kier molecular flexibility index (Phi) is 6.29. The molecule has 0 amide bonds. The van der Waals surface area contributed by atoms with Gasteiger partial charge in [-0.2, -0.15) is 0 Å². The fraction of sp³-hybridized carbons (Fsp3) is 0.0196. The fourth-order valence-corrected chi connectivity index (χ4v) is 11.4. The molecule has 0 saturated carbocycles. The Morgan fingerprint density at radius 1 is 0.463 bits per heavy atom. The number of benzene rings is 8. The molecule has 54 heavy (non-hydrogen) atoms. The van der Waals surface area contributed by atoms with Gasteiger partial charge in [-0.25, -0.2) is 0 Å². The molecule has 0 spiro atoms. The Hall–Kier alpha value is -6.42. The number of para-hydroxylation sites is 2. The lowest BCUT2D eigenvalue weighted by molar-refractivity contribution is 0.751. The van der Waals surface area contributed by atoms with Crippen LogP contribution in [-0.4, -0.2) is 11.3 Å². The summed E-state index contributed by atoms with van der Waals surface area (Å²) in [6.45, 7) is 0.0559. The third-order valence-corrected chi connectivity index (χ3v) is 13.3. The topological polar surface area (TPSA) is 4.93 Å². The second-order valence-electron chi connectivity index (χ2n) is 14.7. The molecule has 0 unspecified atom stereocenters. The van der Waals surface area contributed by atoms with E-state index in [0.29, 0.717) is 0 Å². The van der Waals surface area contributed by atoms with Crippen LogP contribution in [0.25, 0.3) is 59.1 Å². The predicted molar refractivity (Wildman–Crippen MR) is 230 cm³/mol. The lowest BCUT2D eigenvalue weighted by Gasteiger charge is -2.46. The summed E-state index contributed by atoms with van der Waals surface area (Å²) in [7, 11) is 0. The van der Waals surface area contributed by atoms with Gasteiger partial charge >= 0.3 is 0 Å². The molecular weight excluding hydrogens is 669 g/mol. The molecule has 2 aliphatic rings. The summed E-state index contributed by atoms with van der Waals surface area (Å²) in [6.07, 6.45) is 0. The highest BCUT2D eigenvalue weighted by atomic mass is 32.1. The van der Waals surface area contributed by atoms with Crippen molar-refractivity contribution >= 4 is 66.3 Å². The Bertz CT molecular complexity index is 3050. The molecule has 0 fully saturated rings. The summed E-state index contributed by atoms with van der Waals surface area (Å²) >= 11 is 1.92. The van der Waals surface area contributed by atoms with Crippen molar-refractivity contribution in [1.82, 2.24) is 4.57 Å². The smallest absolute Gasteiger partial charge is 0.247 e. The molecule has 10 aromatic rings. The molecule has 0 aliphatic carbocycles. The molecule has 8 aromatic carbocycles. The Labute approximate surface area is 318 Å². The van der Waals surface area contributed by atoms with Crippen LogP contribution in [0.2, 0.25) is 0 Å². The number of hydrogen-bond acceptors (Lipinski definition) is 1. The summed E-state index contributed by atoms with van der Waals surface area (Å²) in [5.74, 6) is 0. The molecule has 0 radical (unpaired) electrons. The molecule has 2 aromatic heterocycles. The molecule has 0 atom stereocenters. The van der Waals surface area contributed by atoms with Gasteiger partial charge in [-0.05, 0) is 62.5 Å². The van der Waals surface area contributed by atoms with Crippen LogP contribution in [0.15, 0.2) is 194 Å². The molecule has 0 bridgehead atoms. The van der Waals surface area contributed by atoms with Gasteiger partial charge in [0.1, 0.15) is 0 Å². The predicted octanol–water partition coefficient (Wildman–Crippen LogP) is 10.9. The van der Waals surface area contributed by atoms with E-state index in [9.17, 15) is 0 Å². The second kappa shape index (κ2) is 11.3. The highest BCUT2D eigenvalue weighted by Gasteiger charge is 2.51. The summed E-state index contributed by atoms with van der Waals surface area (Å²) in [4.78, 5) is 1.31. The highest BCUT2D eigenvalue weighted by molar-refractivity contribution is 7.23. The van der Waals surface area contributed by atoms with Crippen LogP contribution < -0.4 is 16.4 Å². The van der Waals surface area contributed by atoms with E-state index in [4.69, 9.17) is 0 Å². The number of rotatable bonds is 4. The molecule has 2 aliphatic heterocycles. The number of nitrogens with zero attached hydrogens (tertiary/aromatic N) is 1. The summed E-state index contributed by atoms with van der Waals surface area (Å²) < 4.78 is 3.87. The van der Waals surface area contributed by atoms with E-state index in [-0.39, 0.29) is 6.71 Å². The zero-order valence-electron chi connectivity index (χ0n) is 29.4.